The fourth-order valence-electron chi connectivity index (χ4n) is 2.68. The minimum absolute atomic E-state index is 0.147. The first kappa shape index (κ1) is 13.8. The molecule has 3 heterocycles. The van der Waals surface area contributed by atoms with Gasteiger partial charge in [0, 0.05) is 18.0 Å². The van der Waals surface area contributed by atoms with Crippen LogP contribution in [0.2, 0.25) is 0 Å². The molecule has 2 aliphatic rings. The van der Waals surface area contributed by atoms with Crippen LogP contribution in [-0.4, -0.2) is 40.3 Å². The molecule has 0 unspecified atom stereocenters. The van der Waals surface area contributed by atoms with Gasteiger partial charge in [0.25, 0.3) is 0 Å². The Morgan fingerprint density at radius 3 is 2.90 bits per heavy atom. The molecule has 0 saturated carbocycles. The van der Waals surface area contributed by atoms with E-state index < -0.39 is 16.0 Å². The average molecular weight is 316 g/mol. The molecule has 2 aliphatic heterocycles. The zero-order chi connectivity index (χ0) is 14.3. The van der Waals surface area contributed by atoms with Crippen LogP contribution in [-0.2, 0) is 27.7 Å². The van der Waals surface area contributed by atoms with Crippen LogP contribution in [0.3, 0.4) is 0 Å². The molecule has 1 aromatic heterocycles. The summed E-state index contributed by atoms with van der Waals surface area (Å²) >= 11 is 1.39. The van der Waals surface area contributed by atoms with E-state index in [-0.39, 0.29) is 5.75 Å². The van der Waals surface area contributed by atoms with E-state index in [4.69, 9.17) is 4.74 Å². The molecule has 0 aliphatic carbocycles. The van der Waals surface area contributed by atoms with E-state index in [1.165, 1.54) is 22.8 Å². The van der Waals surface area contributed by atoms with Gasteiger partial charge in [0.2, 0.25) is 10.0 Å². The number of thiophene rings is 1. The van der Waals surface area contributed by atoms with Crippen LogP contribution < -0.4 is 9.62 Å². The molecule has 110 valence electrons. The third-order valence-electron chi connectivity index (χ3n) is 3.62. The second kappa shape index (κ2) is 5.01. The van der Waals surface area contributed by atoms with Crippen LogP contribution in [0.1, 0.15) is 27.2 Å². The lowest BCUT2D eigenvalue weighted by Gasteiger charge is -2.17. The summed E-state index contributed by atoms with van der Waals surface area (Å²) in [6, 6.07) is 0. The molecule has 0 aromatic carbocycles. The van der Waals surface area contributed by atoms with Crippen molar-refractivity contribution in [3.05, 3.63) is 16.0 Å². The summed E-state index contributed by atoms with van der Waals surface area (Å²) in [5, 5.41) is 3.77. The highest BCUT2D eigenvalue weighted by atomic mass is 32.2. The van der Waals surface area contributed by atoms with Gasteiger partial charge in [-0.25, -0.2) is 13.2 Å². The zero-order valence-electron chi connectivity index (χ0n) is 11.1. The van der Waals surface area contributed by atoms with Crippen molar-refractivity contribution < 1.29 is 17.9 Å². The van der Waals surface area contributed by atoms with Crippen molar-refractivity contribution in [2.45, 2.75) is 19.4 Å². The molecule has 0 amide bonds. The molecule has 0 bridgehead atoms. The first-order valence-electron chi connectivity index (χ1n) is 6.48. The molecule has 1 aromatic rings. The van der Waals surface area contributed by atoms with E-state index in [0.29, 0.717) is 30.1 Å². The number of nitrogens with zero attached hydrogens (tertiary/aromatic N) is 1. The summed E-state index contributed by atoms with van der Waals surface area (Å²) in [4.78, 5) is 13.1. The maximum absolute atomic E-state index is 12.1. The maximum atomic E-state index is 12.1. The number of carbonyl (C=O) groups is 1. The van der Waals surface area contributed by atoms with Gasteiger partial charge in [0.15, 0.2) is 0 Å². The van der Waals surface area contributed by atoms with Gasteiger partial charge in [0.1, 0.15) is 5.00 Å². The quantitative estimate of drug-likeness (QED) is 0.814. The highest BCUT2D eigenvalue weighted by Gasteiger charge is 2.36. The van der Waals surface area contributed by atoms with E-state index in [0.717, 1.165) is 23.4 Å². The van der Waals surface area contributed by atoms with Crippen molar-refractivity contribution in [2.24, 2.45) is 0 Å². The predicted octanol–water partition coefficient (Wildman–Crippen LogP) is 0.720. The first-order chi connectivity index (χ1) is 9.54. The lowest BCUT2D eigenvalue weighted by Crippen LogP contribution is -2.26. The molecule has 20 heavy (non-hydrogen) atoms. The average Bonchev–Trinajstić information content (AvgIpc) is 2.97. The Kier molecular flexibility index (Phi) is 3.47. The summed E-state index contributed by atoms with van der Waals surface area (Å²) in [6.07, 6.45) is 1.33. The molecule has 1 N–H and O–H groups in total. The monoisotopic (exact) mass is 316 g/mol. The Bertz CT molecular complexity index is 651. The Balaban J connectivity index is 2.15. The topological polar surface area (TPSA) is 75.7 Å². The molecule has 1 saturated heterocycles. The van der Waals surface area contributed by atoms with Crippen LogP contribution in [0.5, 0.6) is 0 Å². The van der Waals surface area contributed by atoms with E-state index >= 15 is 0 Å². The smallest absolute Gasteiger partial charge is 0.341 e. The zero-order valence-corrected chi connectivity index (χ0v) is 12.8. The second-order valence-electron chi connectivity index (χ2n) is 4.84. The fraction of sp³-hybridized carbons (Fsp3) is 0.583. The summed E-state index contributed by atoms with van der Waals surface area (Å²) in [6.45, 7) is 1.91. The van der Waals surface area contributed by atoms with Crippen LogP contribution in [0, 0.1) is 0 Å². The number of methoxy groups -OCH3 is 1. The number of rotatable bonds is 2. The van der Waals surface area contributed by atoms with Crippen molar-refractivity contribution in [2.75, 3.05) is 30.3 Å². The largest absolute Gasteiger partial charge is 0.465 e. The Hall–Kier alpha value is -1.12. The van der Waals surface area contributed by atoms with E-state index in [9.17, 15) is 13.2 Å². The summed E-state index contributed by atoms with van der Waals surface area (Å²) < 4.78 is 30.4. The standard InChI is InChI=1S/C12H16N2O4S2/c1-18-12(15)10-8-3-4-13-7-9(8)19-11(10)14-5-2-6-20(14,16)17/h13H,2-7H2,1H3. The lowest BCUT2D eigenvalue weighted by atomic mass is 10.0. The number of anilines is 1. The SMILES string of the molecule is COC(=O)c1c(N2CCCS2(=O)=O)sc2c1CCNC2. The van der Waals surface area contributed by atoms with Crippen molar-refractivity contribution in [1.29, 1.82) is 0 Å². The molecule has 8 heteroatoms. The Morgan fingerprint density at radius 2 is 2.25 bits per heavy atom. The van der Waals surface area contributed by atoms with Crippen LogP contribution in [0.4, 0.5) is 5.00 Å². The number of nitrogens with one attached hydrogen (secondary N) is 1. The Labute approximate surface area is 121 Å². The van der Waals surface area contributed by atoms with Crippen LogP contribution in [0.25, 0.3) is 0 Å². The molecule has 3 rings (SSSR count). The first-order valence-corrected chi connectivity index (χ1v) is 8.91. The number of carbonyl (C=O) groups excluding carboxylic acids is 1. The summed E-state index contributed by atoms with van der Waals surface area (Å²) in [7, 11) is -1.96. The number of fused-ring (bicyclic) bond motifs is 1. The molecular weight excluding hydrogens is 300 g/mol. The molecule has 0 spiro atoms. The summed E-state index contributed by atoms with van der Waals surface area (Å²) in [5.41, 5.74) is 1.39. The third kappa shape index (κ3) is 2.11. The van der Waals surface area contributed by atoms with Gasteiger partial charge in [-0.15, -0.1) is 11.3 Å². The van der Waals surface area contributed by atoms with Gasteiger partial charge in [-0.05, 0) is 24.9 Å². The number of sulfonamides is 1. The van der Waals surface area contributed by atoms with Crippen molar-refractivity contribution in [1.82, 2.24) is 5.32 Å². The highest BCUT2D eigenvalue weighted by Crippen LogP contribution is 2.40. The van der Waals surface area contributed by atoms with Gasteiger partial charge in [-0.3, -0.25) is 4.31 Å². The maximum Gasteiger partial charge on any atom is 0.341 e. The number of esters is 1. The normalized spacial score (nSPS) is 20.8. The van der Waals surface area contributed by atoms with Gasteiger partial charge in [0.05, 0.1) is 18.4 Å². The molecule has 0 atom stereocenters. The Morgan fingerprint density at radius 1 is 1.45 bits per heavy atom. The van der Waals surface area contributed by atoms with Crippen molar-refractivity contribution in [3.63, 3.8) is 0 Å². The highest BCUT2D eigenvalue weighted by molar-refractivity contribution is 7.93. The van der Waals surface area contributed by atoms with Gasteiger partial charge in [-0.2, -0.15) is 0 Å². The second-order valence-corrected chi connectivity index (χ2v) is 7.94. The van der Waals surface area contributed by atoms with Crippen molar-refractivity contribution in [3.8, 4) is 0 Å². The van der Waals surface area contributed by atoms with Gasteiger partial charge in [-0.1, -0.05) is 0 Å². The fourth-order valence-corrected chi connectivity index (χ4v) is 5.83. The lowest BCUT2D eigenvalue weighted by molar-refractivity contribution is 0.0601. The van der Waals surface area contributed by atoms with E-state index in [2.05, 4.69) is 5.32 Å². The van der Waals surface area contributed by atoms with Gasteiger partial charge < -0.3 is 10.1 Å². The number of hydrogen-bond donors (Lipinski definition) is 1. The van der Waals surface area contributed by atoms with Crippen LogP contribution >= 0.6 is 11.3 Å². The van der Waals surface area contributed by atoms with E-state index in [1.54, 1.807) is 0 Å². The van der Waals surface area contributed by atoms with Crippen LogP contribution in [0.15, 0.2) is 0 Å². The molecule has 1 fully saturated rings. The minimum atomic E-state index is -3.29. The molecule has 0 radical (unpaired) electrons. The number of hydrogen-bond acceptors (Lipinski definition) is 6. The predicted molar refractivity (Wildman–Crippen MR) is 76.8 cm³/mol. The number of ether oxygens (including phenoxy) is 1. The van der Waals surface area contributed by atoms with E-state index in [1.807, 2.05) is 0 Å². The molecular formula is C12H16N2O4S2. The van der Waals surface area contributed by atoms with Crippen molar-refractivity contribution >= 4 is 32.3 Å². The minimum Gasteiger partial charge on any atom is -0.465 e. The molecule has 6 nitrogen and oxygen atoms in total. The summed E-state index contributed by atoms with van der Waals surface area (Å²) in [5.74, 6) is -0.296. The van der Waals surface area contributed by atoms with Gasteiger partial charge >= 0.3 is 5.97 Å². The third-order valence-corrected chi connectivity index (χ3v) is 6.84.